The maximum Gasteiger partial charge on any atom is 0.224 e. The largest absolute Gasteiger partial charge is 0.346 e. The molecular weight excluding hydrogens is 430 g/mol. The Labute approximate surface area is 208 Å². The zero-order valence-corrected chi connectivity index (χ0v) is 20.6. The van der Waals surface area contributed by atoms with Gasteiger partial charge in [0.05, 0.1) is 23.5 Å². The molecule has 1 saturated carbocycles. The molecule has 1 atom stereocenters. The number of fused-ring (bicyclic) bond motifs is 1. The van der Waals surface area contributed by atoms with E-state index >= 15 is 0 Å². The number of amides is 1. The van der Waals surface area contributed by atoms with Gasteiger partial charge in [0, 0.05) is 6.54 Å². The Morgan fingerprint density at radius 3 is 2.37 bits per heavy atom. The van der Waals surface area contributed by atoms with Crippen LogP contribution in [0.4, 0.5) is 0 Å². The third kappa shape index (κ3) is 5.64. The second-order valence-electron chi connectivity index (χ2n) is 9.93. The number of aromatic nitrogens is 2. The quantitative estimate of drug-likeness (QED) is 0.302. The Kier molecular flexibility index (Phi) is 7.27. The summed E-state index contributed by atoms with van der Waals surface area (Å²) in [6, 6.07) is 26.8. The van der Waals surface area contributed by atoms with Crippen LogP contribution in [0.15, 0.2) is 78.9 Å². The molecule has 0 radical (unpaired) electrons. The molecule has 4 nitrogen and oxygen atoms in total. The van der Waals surface area contributed by atoms with Crippen molar-refractivity contribution >= 4 is 16.9 Å². The monoisotopic (exact) mass is 465 g/mol. The van der Waals surface area contributed by atoms with Crippen LogP contribution in [0, 0.1) is 5.92 Å². The molecule has 1 heterocycles. The summed E-state index contributed by atoms with van der Waals surface area (Å²) < 4.78 is 2.34. The van der Waals surface area contributed by atoms with Crippen LogP contribution >= 0.6 is 0 Å². The average molecular weight is 466 g/mol. The standard InChI is InChI=1S/C31H35N3O/c1-23(32-30(35)22-25-16-18-27(19-17-25)26-12-6-3-7-13-26)31-33-28-14-8-9-15-29(28)34(31)21-20-24-10-4-2-5-11-24/h3,6-9,12-19,23-24H,2,4-5,10-11,20-22H2,1H3,(H,32,35). The Balaban J connectivity index is 1.26. The number of imidazole rings is 1. The molecule has 1 unspecified atom stereocenters. The predicted molar refractivity (Wildman–Crippen MR) is 143 cm³/mol. The van der Waals surface area contributed by atoms with E-state index in [1.165, 1.54) is 44.1 Å². The topological polar surface area (TPSA) is 46.9 Å². The Morgan fingerprint density at radius 2 is 1.60 bits per heavy atom. The highest BCUT2D eigenvalue weighted by molar-refractivity contribution is 5.80. The minimum absolute atomic E-state index is 0.0239. The first kappa shape index (κ1) is 23.3. The number of para-hydroxylation sites is 2. The number of carbonyl (C=O) groups is 1. The summed E-state index contributed by atoms with van der Waals surface area (Å²) in [5.41, 5.74) is 5.53. The van der Waals surface area contributed by atoms with Gasteiger partial charge in [-0.2, -0.15) is 0 Å². The first-order chi connectivity index (χ1) is 17.2. The SMILES string of the molecule is CC(NC(=O)Cc1ccc(-c2ccccc2)cc1)c1nc2ccccc2n1CCC1CCCCC1. The van der Waals surface area contributed by atoms with Crippen molar-refractivity contribution in [2.24, 2.45) is 5.92 Å². The third-order valence-corrected chi connectivity index (χ3v) is 7.36. The molecule has 1 aromatic heterocycles. The summed E-state index contributed by atoms with van der Waals surface area (Å²) in [5, 5.41) is 3.21. The lowest BCUT2D eigenvalue weighted by Crippen LogP contribution is -2.30. The van der Waals surface area contributed by atoms with Crippen molar-refractivity contribution in [2.75, 3.05) is 0 Å². The lowest BCUT2D eigenvalue weighted by atomic mass is 9.87. The molecule has 0 aliphatic heterocycles. The Morgan fingerprint density at radius 1 is 0.914 bits per heavy atom. The summed E-state index contributed by atoms with van der Waals surface area (Å²) in [7, 11) is 0. The maximum atomic E-state index is 12.9. The molecule has 180 valence electrons. The molecule has 1 aliphatic rings. The molecule has 1 aliphatic carbocycles. The molecule has 1 N–H and O–H groups in total. The highest BCUT2D eigenvalue weighted by Crippen LogP contribution is 2.29. The number of benzene rings is 3. The normalized spacial score (nSPS) is 15.2. The fourth-order valence-corrected chi connectivity index (χ4v) is 5.44. The predicted octanol–water partition coefficient (Wildman–Crippen LogP) is 7.09. The highest BCUT2D eigenvalue weighted by atomic mass is 16.1. The molecule has 0 bridgehead atoms. The van der Waals surface area contributed by atoms with Crippen LogP contribution in [0.5, 0.6) is 0 Å². The van der Waals surface area contributed by atoms with Gasteiger partial charge in [0.15, 0.2) is 0 Å². The van der Waals surface area contributed by atoms with Crippen molar-refractivity contribution in [3.63, 3.8) is 0 Å². The average Bonchev–Trinajstić information content (AvgIpc) is 3.28. The molecule has 0 saturated heterocycles. The van der Waals surface area contributed by atoms with Crippen LogP contribution in [0.2, 0.25) is 0 Å². The van der Waals surface area contributed by atoms with Crippen molar-refractivity contribution in [1.29, 1.82) is 0 Å². The lowest BCUT2D eigenvalue weighted by Gasteiger charge is -2.23. The molecule has 1 fully saturated rings. The summed E-state index contributed by atoms with van der Waals surface area (Å²) in [4.78, 5) is 17.9. The van der Waals surface area contributed by atoms with E-state index in [0.29, 0.717) is 6.42 Å². The van der Waals surface area contributed by atoms with Gasteiger partial charge in [-0.25, -0.2) is 4.98 Å². The Hall–Kier alpha value is -3.40. The molecule has 35 heavy (non-hydrogen) atoms. The first-order valence-corrected chi connectivity index (χ1v) is 13.1. The van der Waals surface area contributed by atoms with Gasteiger partial charge < -0.3 is 9.88 Å². The fourth-order valence-electron chi connectivity index (χ4n) is 5.44. The molecule has 4 heteroatoms. The molecule has 5 rings (SSSR count). The minimum atomic E-state index is -0.148. The van der Waals surface area contributed by atoms with Gasteiger partial charge >= 0.3 is 0 Å². The van der Waals surface area contributed by atoms with Gasteiger partial charge in [-0.1, -0.05) is 98.8 Å². The number of nitrogens with zero attached hydrogens (tertiary/aromatic N) is 2. The van der Waals surface area contributed by atoms with E-state index in [2.05, 4.69) is 59.3 Å². The number of rotatable bonds is 8. The highest BCUT2D eigenvalue weighted by Gasteiger charge is 2.20. The van der Waals surface area contributed by atoms with Crippen LogP contribution in [0.3, 0.4) is 0 Å². The second kappa shape index (κ2) is 10.9. The van der Waals surface area contributed by atoms with E-state index in [1.54, 1.807) is 0 Å². The molecular formula is C31H35N3O. The number of hydrogen-bond acceptors (Lipinski definition) is 2. The fraction of sp³-hybridized carbons (Fsp3) is 0.355. The van der Waals surface area contributed by atoms with Crippen LogP contribution in [-0.4, -0.2) is 15.5 Å². The number of nitrogens with one attached hydrogen (secondary N) is 1. The zero-order valence-electron chi connectivity index (χ0n) is 20.6. The summed E-state index contributed by atoms with van der Waals surface area (Å²) in [6.07, 6.45) is 8.34. The van der Waals surface area contributed by atoms with E-state index in [0.717, 1.165) is 40.4 Å². The van der Waals surface area contributed by atoms with E-state index in [4.69, 9.17) is 4.98 Å². The molecule has 1 amide bonds. The molecule has 3 aromatic carbocycles. The van der Waals surface area contributed by atoms with E-state index < -0.39 is 0 Å². The van der Waals surface area contributed by atoms with E-state index in [9.17, 15) is 4.79 Å². The van der Waals surface area contributed by atoms with Crippen molar-refractivity contribution in [3.8, 4) is 11.1 Å². The number of carbonyl (C=O) groups excluding carboxylic acids is 1. The number of aryl methyl sites for hydroxylation is 1. The Bertz CT molecular complexity index is 1250. The minimum Gasteiger partial charge on any atom is -0.346 e. The van der Waals surface area contributed by atoms with Crippen LogP contribution in [0.1, 0.15) is 62.9 Å². The van der Waals surface area contributed by atoms with E-state index in [-0.39, 0.29) is 11.9 Å². The van der Waals surface area contributed by atoms with Gasteiger partial charge in [-0.15, -0.1) is 0 Å². The van der Waals surface area contributed by atoms with Crippen LogP contribution in [0.25, 0.3) is 22.2 Å². The molecule has 4 aromatic rings. The maximum absolute atomic E-state index is 12.9. The third-order valence-electron chi connectivity index (χ3n) is 7.36. The number of hydrogen-bond donors (Lipinski definition) is 1. The zero-order chi connectivity index (χ0) is 24.0. The second-order valence-corrected chi connectivity index (χ2v) is 9.93. The van der Waals surface area contributed by atoms with Crippen molar-refractivity contribution < 1.29 is 4.79 Å². The summed E-state index contributed by atoms with van der Waals surface area (Å²) in [5.74, 6) is 1.78. The summed E-state index contributed by atoms with van der Waals surface area (Å²) >= 11 is 0. The molecule has 0 spiro atoms. The first-order valence-electron chi connectivity index (χ1n) is 13.1. The van der Waals surface area contributed by atoms with Crippen LogP contribution < -0.4 is 5.32 Å². The van der Waals surface area contributed by atoms with Crippen molar-refractivity contribution in [2.45, 2.75) is 64.5 Å². The lowest BCUT2D eigenvalue weighted by molar-refractivity contribution is -0.121. The smallest absolute Gasteiger partial charge is 0.224 e. The van der Waals surface area contributed by atoms with Crippen LogP contribution in [-0.2, 0) is 17.8 Å². The van der Waals surface area contributed by atoms with E-state index in [1.807, 2.05) is 36.4 Å². The van der Waals surface area contributed by atoms with Crippen molar-refractivity contribution in [3.05, 3.63) is 90.3 Å². The van der Waals surface area contributed by atoms with Gasteiger partial charge in [-0.05, 0) is 48.1 Å². The summed E-state index contributed by atoms with van der Waals surface area (Å²) in [6.45, 7) is 3.01. The van der Waals surface area contributed by atoms with Crippen molar-refractivity contribution in [1.82, 2.24) is 14.9 Å². The van der Waals surface area contributed by atoms with Gasteiger partial charge in [0.25, 0.3) is 0 Å². The van der Waals surface area contributed by atoms with Gasteiger partial charge in [0.2, 0.25) is 5.91 Å². The van der Waals surface area contributed by atoms with Gasteiger partial charge in [-0.3, -0.25) is 4.79 Å². The van der Waals surface area contributed by atoms with Gasteiger partial charge in [0.1, 0.15) is 5.82 Å².